The third-order valence-electron chi connectivity index (χ3n) is 13.7. The summed E-state index contributed by atoms with van der Waals surface area (Å²) in [6.45, 7) is 0. The monoisotopic (exact) mass is 818 g/mol. The molecule has 3 aromatic heterocycles. The molecule has 0 radical (unpaired) electrons. The molecule has 3 heterocycles. The van der Waals surface area contributed by atoms with Gasteiger partial charge >= 0.3 is 0 Å². The average Bonchev–Trinajstić information content (AvgIpc) is 4.10. The van der Waals surface area contributed by atoms with Crippen LogP contribution in [0.2, 0.25) is 0 Å². The first kappa shape index (κ1) is 34.9. The fraction of sp³-hybridized carbons (Fsp3) is 0.0333. The van der Waals surface area contributed by atoms with Crippen LogP contribution in [-0.4, -0.2) is 9.13 Å². The van der Waals surface area contributed by atoms with Crippen molar-refractivity contribution < 1.29 is 0 Å². The number of thiophene rings is 1. The lowest BCUT2D eigenvalue weighted by atomic mass is 9.90. The number of allylic oxidation sites excluding steroid dienone is 4. The van der Waals surface area contributed by atoms with Gasteiger partial charge in [0.1, 0.15) is 0 Å². The maximum absolute atomic E-state index is 2.46. The number of nitrogens with zero attached hydrogens (tertiary/aromatic N) is 2. The number of benzene rings is 10. The number of aromatic nitrogens is 2. The third kappa shape index (κ3) is 5.24. The normalized spacial score (nSPS) is 13.3. The fourth-order valence-electron chi connectivity index (χ4n) is 10.8. The summed E-state index contributed by atoms with van der Waals surface area (Å²) in [6, 6.07) is 66.0. The number of rotatable bonds is 5. The highest BCUT2D eigenvalue weighted by Crippen LogP contribution is 2.45. The van der Waals surface area contributed by atoms with E-state index in [1.807, 2.05) is 11.3 Å². The Bertz CT molecular complexity index is 4010. The van der Waals surface area contributed by atoms with Gasteiger partial charge in [-0.3, -0.25) is 0 Å². The predicted molar refractivity (Wildman–Crippen MR) is 271 cm³/mol. The second-order valence-corrected chi connectivity index (χ2v) is 18.2. The summed E-state index contributed by atoms with van der Waals surface area (Å²) in [6.07, 6.45) is 13.8. The van der Waals surface area contributed by atoms with Crippen molar-refractivity contribution in [3.63, 3.8) is 0 Å². The van der Waals surface area contributed by atoms with Crippen LogP contribution in [0.1, 0.15) is 18.4 Å². The SMILES string of the molecule is C1=CC(c2cc(-c3ccccc3)cc(-c3ccc4c(c3)c3ccn(-c5cc6ccc7cccc8ccc(c5)c6c78)c3c3ccn(-c5cccc6c5sc5ccccc56)c43)c2)=CCC1. The van der Waals surface area contributed by atoms with E-state index in [9.17, 15) is 0 Å². The molecule has 13 aromatic rings. The zero-order valence-corrected chi connectivity index (χ0v) is 35.2. The molecule has 3 heteroatoms. The van der Waals surface area contributed by atoms with Crippen LogP contribution in [0.25, 0.3) is 124 Å². The van der Waals surface area contributed by atoms with E-state index in [0.717, 1.165) is 12.8 Å². The lowest BCUT2D eigenvalue weighted by Gasteiger charge is -2.16. The standard InChI is InChI=1S/C60H38N2S/c1-3-11-37(12-4-1)44-31-45(38-13-5-2-6-14-38)33-46(32-44)41-25-26-49-53(36-41)50-27-29-61(47-34-42-23-21-39-15-9-16-40-22-24-43(35-47)57(42)56(39)40)58(50)52-28-30-62(59(49)52)54-19-10-18-51-48-17-7-8-20-55(48)63-60(51)54/h1,3-5,7-36H,2,6H2. The molecule has 0 atom stereocenters. The predicted octanol–water partition coefficient (Wildman–Crippen LogP) is 17.1. The van der Waals surface area contributed by atoms with E-state index in [1.54, 1.807) is 0 Å². The minimum Gasteiger partial charge on any atom is -0.316 e. The van der Waals surface area contributed by atoms with Crippen LogP contribution < -0.4 is 0 Å². The quantitative estimate of drug-likeness (QED) is 0.153. The van der Waals surface area contributed by atoms with E-state index in [-0.39, 0.29) is 0 Å². The third-order valence-corrected chi connectivity index (χ3v) is 14.9. The topological polar surface area (TPSA) is 9.86 Å². The van der Waals surface area contributed by atoms with Gasteiger partial charge in [0.15, 0.2) is 0 Å². The van der Waals surface area contributed by atoms with E-state index >= 15 is 0 Å². The maximum atomic E-state index is 2.46. The Kier molecular flexibility index (Phi) is 7.42. The smallest absolute Gasteiger partial charge is 0.0634 e. The van der Waals surface area contributed by atoms with E-state index in [4.69, 9.17) is 0 Å². The van der Waals surface area contributed by atoms with Gasteiger partial charge in [-0.25, -0.2) is 0 Å². The molecule has 0 unspecified atom stereocenters. The first-order chi connectivity index (χ1) is 31.2. The molecule has 0 amide bonds. The molecule has 1 aliphatic rings. The van der Waals surface area contributed by atoms with Gasteiger partial charge in [0, 0.05) is 49.7 Å². The molecule has 2 nitrogen and oxygen atoms in total. The molecule has 0 fully saturated rings. The zero-order valence-electron chi connectivity index (χ0n) is 34.3. The molecule has 0 bridgehead atoms. The van der Waals surface area contributed by atoms with Crippen LogP contribution in [0.3, 0.4) is 0 Å². The molecule has 0 saturated carbocycles. The summed E-state index contributed by atoms with van der Waals surface area (Å²) in [5, 5.41) is 15.4. The van der Waals surface area contributed by atoms with Gasteiger partial charge in [0.05, 0.1) is 21.4 Å². The van der Waals surface area contributed by atoms with Crippen molar-refractivity contribution in [1.82, 2.24) is 9.13 Å². The van der Waals surface area contributed by atoms with Crippen molar-refractivity contribution >= 4 is 102 Å². The Balaban J connectivity index is 1.05. The van der Waals surface area contributed by atoms with Gasteiger partial charge in [-0.2, -0.15) is 0 Å². The van der Waals surface area contributed by atoms with E-state index in [0.29, 0.717) is 0 Å². The number of hydrogen-bond donors (Lipinski definition) is 0. The van der Waals surface area contributed by atoms with Crippen molar-refractivity contribution in [3.05, 3.63) is 212 Å². The number of hydrogen-bond acceptors (Lipinski definition) is 1. The molecule has 1 aliphatic carbocycles. The summed E-state index contributed by atoms with van der Waals surface area (Å²) in [5.41, 5.74) is 12.3. The molecular formula is C60H38N2S. The van der Waals surface area contributed by atoms with E-state index in [2.05, 4.69) is 216 Å². The molecule has 63 heavy (non-hydrogen) atoms. The minimum atomic E-state index is 1.07. The van der Waals surface area contributed by atoms with Crippen LogP contribution in [0.15, 0.2) is 207 Å². The average molecular weight is 819 g/mol. The first-order valence-electron chi connectivity index (χ1n) is 22.0. The van der Waals surface area contributed by atoms with Gasteiger partial charge in [-0.05, 0) is 145 Å². The molecule has 0 saturated heterocycles. The lowest BCUT2D eigenvalue weighted by molar-refractivity contribution is 1.04. The van der Waals surface area contributed by atoms with Gasteiger partial charge in [-0.1, -0.05) is 133 Å². The summed E-state index contributed by atoms with van der Waals surface area (Å²) in [4.78, 5) is 0. The number of fused-ring (bicyclic) bond motifs is 9. The second-order valence-electron chi connectivity index (χ2n) is 17.2. The summed E-state index contributed by atoms with van der Waals surface area (Å²) < 4.78 is 7.52. The first-order valence-corrected chi connectivity index (χ1v) is 22.8. The van der Waals surface area contributed by atoms with Gasteiger partial charge in [0.2, 0.25) is 0 Å². The van der Waals surface area contributed by atoms with Crippen LogP contribution in [0, 0.1) is 0 Å². The van der Waals surface area contributed by atoms with Crippen LogP contribution >= 0.6 is 11.3 Å². The molecular weight excluding hydrogens is 781 g/mol. The molecule has 294 valence electrons. The Morgan fingerprint density at radius 2 is 1.06 bits per heavy atom. The Morgan fingerprint density at radius 3 is 1.89 bits per heavy atom. The minimum absolute atomic E-state index is 1.07. The van der Waals surface area contributed by atoms with E-state index in [1.165, 1.54) is 130 Å². The Hall–Kier alpha value is -7.72. The lowest BCUT2D eigenvalue weighted by Crippen LogP contribution is -1.96. The van der Waals surface area contributed by atoms with Gasteiger partial charge in [-0.15, -0.1) is 11.3 Å². The van der Waals surface area contributed by atoms with Crippen molar-refractivity contribution in [1.29, 1.82) is 0 Å². The van der Waals surface area contributed by atoms with Crippen molar-refractivity contribution in [2.24, 2.45) is 0 Å². The van der Waals surface area contributed by atoms with Crippen molar-refractivity contribution in [3.8, 4) is 33.6 Å². The van der Waals surface area contributed by atoms with E-state index < -0.39 is 0 Å². The Morgan fingerprint density at radius 1 is 0.397 bits per heavy atom. The summed E-state index contributed by atoms with van der Waals surface area (Å²) in [5.74, 6) is 0. The second kappa shape index (κ2) is 13.4. The largest absolute Gasteiger partial charge is 0.316 e. The molecule has 14 rings (SSSR count). The highest BCUT2D eigenvalue weighted by molar-refractivity contribution is 7.26. The fourth-order valence-corrected chi connectivity index (χ4v) is 12.0. The van der Waals surface area contributed by atoms with Crippen LogP contribution in [0.4, 0.5) is 0 Å². The van der Waals surface area contributed by atoms with Gasteiger partial charge in [0.25, 0.3) is 0 Å². The van der Waals surface area contributed by atoms with Crippen molar-refractivity contribution in [2.75, 3.05) is 0 Å². The van der Waals surface area contributed by atoms with Gasteiger partial charge < -0.3 is 9.13 Å². The maximum Gasteiger partial charge on any atom is 0.0634 e. The van der Waals surface area contributed by atoms with Crippen LogP contribution in [-0.2, 0) is 0 Å². The highest BCUT2D eigenvalue weighted by atomic mass is 32.1. The molecule has 0 spiro atoms. The zero-order chi connectivity index (χ0) is 41.2. The Labute approximate surface area is 367 Å². The highest BCUT2D eigenvalue weighted by Gasteiger charge is 2.21. The molecule has 10 aromatic carbocycles. The molecule has 0 N–H and O–H groups in total. The van der Waals surface area contributed by atoms with Crippen molar-refractivity contribution in [2.45, 2.75) is 12.8 Å². The summed E-state index contributed by atoms with van der Waals surface area (Å²) in [7, 11) is 0. The molecule has 0 aliphatic heterocycles. The summed E-state index contributed by atoms with van der Waals surface area (Å²) >= 11 is 1.89. The van der Waals surface area contributed by atoms with Crippen LogP contribution in [0.5, 0.6) is 0 Å².